The Balaban J connectivity index is 0.00000169. The largest absolute Gasteiger partial charge is 0.368 e. The van der Waals surface area contributed by atoms with Crippen LogP contribution in [-0.2, 0) is 0 Å². The molecule has 0 spiro atoms. The molecule has 0 saturated carbocycles. The van der Waals surface area contributed by atoms with Gasteiger partial charge in [0.25, 0.3) is 0 Å². The lowest BCUT2D eigenvalue weighted by molar-refractivity contribution is 0.817. The van der Waals surface area contributed by atoms with E-state index in [1.54, 1.807) is 0 Å². The minimum Gasteiger partial charge on any atom is -0.368 e. The highest BCUT2D eigenvalue weighted by molar-refractivity contribution is 5.85. The lowest BCUT2D eigenvalue weighted by Crippen LogP contribution is -2.25. The van der Waals surface area contributed by atoms with Crippen LogP contribution in [0.1, 0.15) is 13.8 Å². The van der Waals surface area contributed by atoms with E-state index in [9.17, 15) is 0 Å². The number of aromatic nitrogens is 3. The lowest BCUT2D eigenvalue weighted by Gasteiger charge is -2.18. The summed E-state index contributed by atoms with van der Waals surface area (Å²) >= 11 is 0. The SMILES string of the molecule is CCN(CC)c1nc(N)nc(N)n1.Cl. The molecule has 0 bridgehead atoms. The molecule has 1 rings (SSSR count). The molecule has 0 saturated heterocycles. The van der Waals surface area contributed by atoms with Crippen molar-refractivity contribution in [1.82, 2.24) is 15.0 Å². The van der Waals surface area contributed by atoms with Gasteiger partial charge in [-0.05, 0) is 13.8 Å². The summed E-state index contributed by atoms with van der Waals surface area (Å²) < 4.78 is 0. The molecule has 0 fully saturated rings. The molecule has 6 nitrogen and oxygen atoms in total. The van der Waals surface area contributed by atoms with Crippen molar-refractivity contribution < 1.29 is 0 Å². The van der Waals surface area contributed by atoms with Crippen LogP contribution in [-0.4, -0.2) is 28.0 Å². The quantitative estimate of drug-likeness (QED) is 0.758. The molecule has 1 aromatic rings. The molecule has 0 aromatic carbocycles. The van der Waals surface area contributed by atoms with Crippen LogP contribution in [0.25, 0.3) is 0 Å². The third-order valence-corrected chi connectivity index (χ3v) is 1.70. The normalized spacial score (nSPS) is 9.29. The Kier molecular flexibility index (Phi) is 4.93. The van der Waals surface area contributed by atoms with Crippen LogP contribution >= 0.6 is 12.4 Å². The van der Waals surface area contributed by atoms with Gasteiger partial charge in [0, 0.05) is 13.1 Å². The molecule has 0 unspecified atom stereocenters. The second-order valence-electron chi connectivity index (χ2n) is 2.52. The molecule has 80 valence electrons. The minimum atomic E-state index is 0. The maximum atomic E-state index is 5.44. The summed E-state index contributed by atoms with van der Waals surface area (Å²) in [5.74, 6) is 0.860. The third kappa shape index (κ3) is 2.88. The van der Waals surface area contributed by atoms with Crippen molar-refractivity contribution in [2.75, 3.05) is 29.5 Å². The van der Waals surface area contributed by atoms with E-state index in [-0.39, 0.29) is 24.3 Å². The van der Waals surface area contributed by atoms with Gasteiger partial charge >= 0.3 is 0 Å². The number of hydrogen-bond donors (Lipinski definition) is 2. The van der Waals surface area contributed by atoms with Crippen LogP contribution < -0.4 is 16.4 Å². The predicted molar refractivity (Wildman–Crippen MR) is 59.5 cm³/mol. The first kappa shape index (κ1) is 12.7. The molecule has 1 aromatic heterocycles. The Morgan fingerprint density at radius 1 is 1.00 bits per heavy atom. The second-order valence-corrected chi connectivity index (χ2v) is 2.52. The summed E-state index contributed by atoms with van der Waals surface area (Å²) in [5, 5.41) is 0. The van der Waals surface area contributed by atoms with Gasteiger partial charge in [-0.25, -0.2) is 0 Å². The number of nitrogens with two attached hydrogens (primary N) is 2. The molecule has 0 aliphatic heterocycles. The predicted octanol–water partition coefficient (Wildman–Crippen LogP) is 0.304. The van der Waals surface area contributed by atoms with Gasteiger partial charge in [0.1, 0.15) is 0 Å². The highest BCUT2D eigenvalue weighted by Crippen LogP contribution is 2.08. The van der Waals surface area contributed by atoms with Gasteiger partial charge in [0.15, 0.2) is 0 Å². The van der Waals surface area contributed by atoms with Crippen molar-refractivity contribution >= 4 is 30.3 Å². The summed E-state index contributed by atoms with van der Waals surface area (Å²) in [7, 11) is 0. The van der Waals surface area contributed by atoms with Crippen molar-refractivity contribution in [3.63, 3.8) is 0 Å². The van der Waals surface area contributed by atoms with Crippen LogP contribution in [0.15, 0.2) is 0 Å². The van der Waals surface area contributed by atoms with E-state index < -0.39 is 0 Å². The molecule has 0 atom stereocenters. The molecule has 7 heteroatoms. The fourth-order valence-corrected chi connectivity index (χ4v) is 1.05. The fourth-order valence-electron chi connectivity index (χ4n) is 1.05. The van der Waals surface area contributed by atoms with E-state index >= 15 is 0 Å². The van der Waals surface area contributed by atoms with Gasteiger partial charge in [-0.2, -0.15) is 15.0 Å². The summed E-state index contributed by atoms with van der Waals surface area (Å²) in [4.78, 5) is 13.6. The monoisotopic (exact) mass is 218 g/mol. The molecule has 0 aliphatic rings. The molecule has 1 heterocycles. The second kappa shape index (κ2) is 5.43. The van der Waals surface area contributed by atoms with Crippen molar-refractivity contribution in [1.29, 1.82) is 0 Å². The molecule has 4 N–H and O–H groups in total. The van der Waals surface area contributed by atoms with Gasteiger partial charge in [0.2, 0.25) is 17.8 Å². The lowest BCUT2D eigenvalue weighted by atomic mass is 10.5. The van der Waals surface area contributed by atoms with Crippen LogP contribution in [0.5, 0.6) is 0 Å². The van der Waals surface area contributed by atoms with E-state index in [0.717, 1.165) is 13.1 Å². The number of nitrogen functional groups attached to an aromatic ring is 2. The van der Waals surface area contributed by atoms with Crippen molar-refractivity contribution in [3.05, 3.63) is 0 Å². The van der Waals surface area contributed by atoms with Gasteiger partial charge in [0.05, 0.1) is 0 Å². The van der Waals surface area contributed by atoms with Crippen molar-refractivity contribution in [3.8, 4) is 0 Å². The first-order valence-corrected chi connectivity index (χ1v) is 4.19. The highest BCUT2D eigenvalue weighted by atomic mass is 35.5. The average Bonchev–Trinajstić information content (AvgIpc) is 2.04. The molecule has 0 radical (unpaired) electrons. The maximum Gasteiger partial charge on any atom is 0.231 e. The fraction of sp³-hybridized carbons (Fsp3) is 0.571. The average molecular weight is 219 g/mol. The Morgan fingerprint density at radius 2 is 1.43 bits per heavy atom. The number of nitrogens with zero attached hydrogens (tertiary/aromatic N) is 4. The Bertz CT molecular complexity index is 267. The van der Waals surface area contributed by atoms with E-state index in [2.05, 4.69) is 15.0 Å². The molecular weight excluding hydrogens is 204 g/mol. The first-order chi connectivity index (χ1) is 6.17. The summed E-state index contributed by atoms with van der Waals surface area (Å²) in [6.45, 7) is 5.66. The summed E-state index contributed by atoms with van der Waals surface area (Å²) in [5.41, 5.74) is 10.9. The van der Waals surface area contributed by atoms with Gasteiger partial charge in [-0.15, -0.1) is 12.4 Å². The minimum absolute atomic E-state index is 0. The number of anilines is 3. The van der Waals surface area contributed by atoms with Crippen LogP contribution in [0, 0.1) is 0 Å². The third-order valence-electron chi connectivity index (χ3n) is 1.70. The van der Waals surface area contributed by atoms with Gasteiger partial charge < -0.3 is 16.4 Å². The Hall–Kier alpha value is -1.30. The van der Waals surface area contributed by atoms with E-state index in [4.69, 9.17) is 11.5 Å². The van der Waals surface area contributed by atoms with Crippen molar-refractivity contribution in [2.45, 2.75) is 13.8 Å². The Morgan fingerprint density at radius 3 is 1.79 bits per heavy atom. The van der Waals surface area contributed by atoms with Crippen LogP contribution in [0.3, 0.4) is 0 Å². The number of halogens is 1. The first-order valence-electron chi connectivity index (χ1n) is 4.19. The molecule has 0 aliphatic carbocycles. The zero-order valence-corrected chi connectivity index (χ0v) is 9.08. The van der Waals surface area contributed by atoms with Gasteiger partial charge in [-0.3, -0.25) is 0 Å². The zero-order valence-electron chi connectivity index (χ0n) is 8.27. The number of hydrogen-bond acceptors (Lipinski definition) is 6. The summed E-state index contributed by atoms with van der Waals surface area (Å²) in [6.07, 6.45) is 0. The van der Waals surface area contributed by atoms with Gasteiger partial charge in [-0.1, -0.05) is 0 Å². The smallest absolute Gasteiger partial charge is 0.231 e. The van der Waals surface area contributed by atoms with E-state index in [1.165, 1.54) is 0 Å². The maximum absolute atomic E-state index is 5.44. The zero-order chi connectivity index (χ0) is 9.84. The molecule has 0 amide bonds. The standard InChI is InChI=1S/C7H14N6.ClH/c1-3-13(4-2)7-11-5(8)10-6(9)12-7;/h3-4H2,1-2H3,(H4,8,9,10,11,12);1H. The van der Waals surface area contributed by atoms with E-state index in [0.29, 0.717) is 5.95 Å². The summed E-state index contributed by atoms with van der Waals surface area (Å²) in [6, 6.07) is 0. The number of rotatable bonds is 3. The van der Waals surface area contributed by atoms with E-state index in [1.807, 2.05) is 18.7 Å². The van der Waals surface area contributed by atoms with Crippen LogP contribution in [0.2, 0.25) is 0 Å². The molecule has 14 heavy (non-hydrogen) atoms. The topological polar surface area (TPSA) is 94.0 Å². The highest BCUT2D eigenvalue weighted by Gasteiger charge is 2.07. The Labute approximate surface area is 89.1 Å². The van der Waals surface area contributed by atoms with Crippen LogP contribution in [0.4, 0.5) is 17.8 Å². The molecular formula is C7H15ClN6. The van der Waals surface area contributed by atoms with Crippen molar-refractivity contribution in [2.24, 2.45) is 0 Å².